The SMILES string of the molecule is CC1CN(C(=O)C(=O)N(Cc2ccccc2)Cc2ccccc2)CC(C)O1. The Bertz CT molecular complexity index is 712. The summed E-state index contributed by atoms with van der Waals surface area (Å²) in [6.45, 7) is 5.53. The Morgan fingerprint density at radius 2 is 1.33 bits per heavy atom. The lowest BCUT2D eigenvalue weighted by molar-refractivity contribution is -0.159. The van der Waals surface area contributed by atoms with Crippen LogP contribution in [0.15, 0.2) is 60.7 Å². The lowest BCUT2D eigenvalue weighted by Gasteiger charge is -2.36. The summed E-state index contributed by atoms with van der Waals surface area (Å²) in [6.07, 6.45) is -0.135. The van der Waals surface area contributed by atoms with Crippen molar-refractivity contribution < 1.29 is 14.3 Å². The topological polar surface area (TPSA) is 49.9 Å². The van der Waals surface area contributed by atoms with Crippen LogP contribution in [0.4, 0.5) is 0 Å². The maximum atomic E-state index is 13.1. The van der Waals surface area contributed by atoms with E-state index >= 15 is 0 Å². The molecule has 1 aliphatic rings. The van der Waals surface area contributed by atoms with Gasteiger partial charge in [-0.05, 0) is 25.0 Å². The first-order chi connectivity index (χ1) is 13.0. The molecule has 1 aliphatic heterocycles. The Balaban J connectivity index is 1.78. The van der Waals surface area contributed by atoms with Gasteiger partial charge >= 0.3 is 11.8 Å². The molecule has 0 spiro atoms. The number of ether oxygens (including phenoxy) is 1. The summed E-state index contributed by atoms with van der Waals surface area (Å²) in [5, 5.41) is 0. The molecule has 0 aliphatic carbocycles. The summed E-state index contributed by atoms with van der Waals surface area (Å²) in [4.78, 5) is 29.2. The summed E-state index contributed by atoms with van der Waals surface area (Å²) in [6, 6.07) is 19.5. The standard InChI is InChI=1S/C22H26N2O3/c1-17-13-23(14-18(2)27-17)21(25)22(26)24(15-19-9-5-3-6-10-19)16-20-11-7-4-8-12-20/h3-12,17-18H,13-16H2,1-2H3. The fourth-order valence-electron chi connectivity index (χ4n) is 3.42. The largest absolute Gasteiger partial charge is 0.372 e. The van der Waals surface area contributed by atoms with Gasteiger partial charge in [0.25, 0.3) is 0 Å². The molecule has 2 amide bonds. The van der Waals surface area contributed by atoms with E-state index < -0.39 is 11.8 Å². The van der Waals surface area contributed by atoms with Gasteiger partial charge in [-0.3, -0.25) is 9.59 Å². The number of amides is 2. The van der Waals surface area contributed by atoms with Crippen LogP contribution in [0.2, 0.25) is 0 Å². The minimum atomic E-state index is -0.469. The van der Waals surface area contributed by atoms with Crippen LogP contribution >= 0.6 is 0 Å². The van der Waals surface area contributed by atoms with Crippen LogP contribution in [0.3, 0.4) is 0 Å². The van der Waals surface area contributed by atoms with Crippen LogP contribution < -0.4 is 0 Å². The van der Waals surface area contributed by atoms with Crippen molar-refractivity contribution in [1.82, 2.24) is 9.80 Å². The first-order valence-electron chi connectivity index (χ1n) is 9.34. The van der Waals surface area contributed by atoms with E-state index in [1.165, 1.54) is 0 Å². The molecule has 3 rings (SSSR count). The zero-order valence-corrected chi connectivity index (χ0v) is 15.9. The number of benzene rings is 2. The van der Waals surface area contributed by atoms with E-state index in [9.17, 15) is 9.59 Å². The fourth-order valence-corrected chi connectivity index (χ4v) is 3.42. The lowest BCUT2D eigenvalue weighted by Crippen LogP contribution is -2.53. The third kappa shape index (κ3) is 5.17. The van der Waals surface area contributed by atoms with Crippen LogP contribution in [0.1, 0.15) is 25.0 Å². The number of hydrogen-bond acceptors (Lipinski definition) is 3. The average Bonchev–Trinajstić information content (AvgIpc) is 2.67. The molecule has 5 heteroatoms. The van der Waals surface area contributed by atoms with Gasteiger partial charge in [-0.1, -0.05) is 60.7 Å². The highest BCUT2D eigenvalue weighted by molar-refractivity contribution is 6.34. The molecule has 27 heavy (non-hydrogen) atoms. The lowest BCUT2D eigenvalue weighted by atomic mass is 10.1. The summed E-state index contributed by atoms with van der Waals surface area (Å²) in [5.41, 5.74) is 2.00. The van der Waals surface area contributed by atoms with Crippen LogP contribution in [0, 0.1) is 0 Å². The first-order valence-corrected chi connectivity index (χ1v) is 9.34. The Labute approximate surface area is 160 Å². The molecule has 2 atom stereocenters. The van der Waals surface area contributed by atoms with E-state index in [0.29, 0.717) is 26.2 Å². The van der Waals surface area contributed by atoms with Crippen LogP contribution in [-0.2, 0) is 27.4 Å². The van der Waals surface area contributed by atoms with Crippen molar-refractivity contribution in [3.63, 3.8) is 0 Å². The van der Waals surface area contributed by atoms with Crippen molar-refractivity contribution in [1.29, 1.82) is 0 Å². The van der Waals surface area contributed by atoms with Crippen molar-refractivity contribution in [2.75, 3.05) is 13.1 Å². The molecule has 142 valence electrons. The molecule has 0 aromatic heterocycles. The van der Waals surface area contributed by atoms with Gasteiger partial charge in [-0.15, -0.1) is 0 Å². The summed E-state index contributed by atoms with van der Waals surface area (Å²) in [5.74, 6) is -0.923. The molecule has 1 fully saturated rings. The second-order valence-electron chi connectivity index (χ2n) is 7.10. The van der Waals surface area contributed by atoms with Gasteiger partial charge in [0, 0.05) is 26.2 Å². The Kier molecular flexibility index (Phi) is 6.24. The van der Waals surface area contributed by atoms with Gasteiger partial charge in [0.05, 0.1) is 12.2 Å². The first kappa shape index (κ1) is 19.1. The summed E-state index contributed by atoms with van der Waals surface area (Å²) >= 11 is 0. The minimum absolute atomic E-state index is 0.0674. The quantitative estimate of drug-likeness (QED) is 0.782. The highest BCUT2D eigenvalue weighted by Crippen LogP contribution is 2.15. The van der Waals surface area contributed by atoms with Crippen LogP contribution in [0.5, 0.6) is 0 Å². The number of rotatable bonds is 4. The number of hydrogen-bond donors (Lipinski definition) is 0. The molecular weight excluding hydrogens is 340 g/mol. The van der Waals surface area contributed by atoms with E-state index in [4.69, 9.17) is 4.74 Å². The highest BCUT2D eigenvalue weighted by Gasteiger charge is 2.32. The second-order valence-corrected chi connectivity index (χ2v) is 7.10. The second kappa shape index (κ2) is 8.82. The van der Waals surface area contributed by atoms with Crippen molar-refractivity contribution in [3.8, 4) is 0 Å². The van der Waals surface area contributed by atoms with Crippen molar-refractivity contribution in [3.05, 3.63) is 71.8 Å². The van der Waals surface area contributed by atoms with Crippen molar-refractivity contribution >= 4 is 11.8 Å². The molecule has 0 radical (unpaired) electrons. The Morgan fingerprint density at radius 3 is 1.78 bits per heavy atom. The molecular formula is C22H26N2O3. The Hall–Kier alpha value is -2.66. The highest BCUT2D eigenvalue weighted by atomic mass is 16.5. The normalized spacial score (nSPS) is 19.6. The third-order valence-electron chi connectivity index (χ3n) is 4.61. The maximum absolute atomic E-state index is 13.1. The van der Waals surface area contributed by atoms with Crippen molar-refractivity contribution in [2.24, 2.45) is 0 Å². The zero-order valence-electron chi connectivity index (χ0n) is 15.9. The molecule has 2 aromatic carbocycles. The van der Waals surface area contributed by atoms with Gasteiger partial charge < -0.3 is 14.5 Å². The number of morpholine rings is 1. The minimum Gasteiger partial charge on any atom is -0.372 e. The fraction of sp³-hybridized carbons (Fsp3) is 0.364. The van der Waals surface area contributed by atoms with Gasteiger partial charge in [-0.25, -0.2) is 0 Å². The monoisotopic (exact) mass is 366 g/mol. The number of carbonyl (C=O) groups is 2. The molecule has 0 saturated carbocycles. The third-order valence-corrected chi connectivity index (χ3v) is 4.61. The van der Waals surface area contributed by atoms with E-state index in [-0.39, 0.29) is 12.2 Å². The summed E-state index contributed by atoms with van der Waals surface area (Å²) in [7, 11) is 0. The molecule has 0 bridgehead atoms. The van der Waals surface area contributed by atoms with E-state index in [2.05, 4.69) is 0 Å². The maximum Gasteiger partial charge on any atom is 0.312 e. The van der Waals surface area contributed by atoms with Gasteiger partial charge in [0.15, 0.2) is 0 Å². The smallest absolute Gasteiger partial charge is 0.312 e. The molecule has 1 saturated heterocycles. The van der Waals surface area contributed by atoms with Gasteiger partial charge in [0.2, 0.25) is 0 Å². The van der Waals surface area contributed by atoms with E-state index in [1.807, 2.05) is 74.5 Å². The summed E-state index contributed by atoms with van der Waals surface area (Å²) < 4.78 is 5.68. The zero-order chi connectivity index (χ0) is 19.2. The number of carbonyl (C=O) groups excluding carboxylic acids is 2. The molecule has 1 heterocycles. The predicted molar refractivity (Wildman–Crippen MR) is 104 cm³/mol. The number of nitrogens with zero attached hydrogens (tertiary/aromatic N) is 2. The predicted octanol–water partition coefficient (Wildman–Crippen LogP) is 2.85. The molecule has 2 aromatic rings. The van der Waals surface area contributed by atoms with Crippen LogP contribution in [0.25, 0.3) is 0 Å². The molecule has 2 unspecified atom stereocenters. The average molecular weight is 366 g/mol. The van der Waals surface area contributed by atoms with Gasteiger partial charge in [0.1, 0.15) is 0 Å². The van der Waals surface area contributed by atoms with Gasteiger partial charge in [-0.2, -0.15) is 0 Å². The van der Waals surface area contributed by atoms with E-state index in [0.717, 1.165) is 11.1 Å². The Morgan fingerprint density at radius 1 is 0.889 bits per heavy atom. The van der Waals surface area contributed by atoms with E-state index in [1.54, 1.807) is 9.80 Å². The van der Waals surface area contributed by atoms with Crippen molar-refractivity contribution in [2.45, 2.75) is 39.1 Å². The molecule has 0 N–H and O–H groups in total. The molecule has 5 nitrogen and oxygen atoms in total. The van der Waals surface area contributed by atoms with Crippen LogP contribution in [-0.4, -0.2) is 46.9 Å².